The molecule has 3 N–H and O–H groups in total. The molecule has 0 amide bonds. The molecule has 0 saturated heterocycles. The maximum absolute atomic E-state index is 12.7. The molecule has 2 aromatic carbocycles. The summed E-state index contributed by atoms with van der Waals surface area (Å²) in [5.41, 5.74) is 9.36. The van der Waals surface area contributed by atoms with Gasteiger partial charge in [0, 0.05) is 12.6 Å². The Labute approximate surface area is 156 Å². The summed E-state index contributed by atoms with van der Waals surface area (Å²) in [5, 5.41) is 0. The molecule has 25 heavy (non-hydrogen) atoms. The van der Waals surface area contributed by atoms with Crippen molar-refractivity contribution < 1.29 is 13.2 Å². The molecule has 0 bridgehead atoms. The Morgan fingerprint density at radius 2 is 1.76 bits per heavy atom. The third-order valence-electron chi connectivity index (χ3n) is 3.85. The molecule has 2 rings (SSSR count). The van der Waals surface area contributed by atoms with Crippen molar-refractivity contribution in [2.24, 2.45) is 5.73 Å². The van der Waals surface area contributed by atoms with Crippen LogP contribution in [0.15, 0.2) is 41.3 Å². The van der Waals surface area contributed by atoms with Gasteiger partial charge in [-0.3, -0.25) is 0 Å². The molecule has 0 aliphatic carbocycles. The van der Waals surface area contributed by atoms with Gasteiger partial charge in [0.25, 0.3) is 0 Å². The van der Waals surface area contributed by atoms with Crippen molar-refractivity contribution in [1.82, 2.24) is 4.72 Å². The van der Waals surface area contributed by atoms with Gasteiger partial charge in [-0.1, -0.05) is 30.3 Å². The minimum absolute atomic E-state index is 0. The second-order valence-electron chi connectivity index (χ2n) is 5.97. The number of nitrogens with one attached hydrogen (secondary N) is 1. The van der Waals surface area contributed by atoms with Crippen molar-refractivity contribution in [2.45, 2.75) is 38.3 Å². The number of halogens is 1. The van der Waals surface area contributed by atoms with E-state index in [1.807, 2.05) is 51.1 Å². The molecule has 1 unspecified atom stereocenters. The summed E-state index contributed by atoms with van der Waals surface area (Å²) in [6.45, 7) is 5.80. The predicted molar refractivity (Wildman–Crippen MR) is 103 cm³/mol. The van der Waals surface area contributed by atoms with Crippen LogP contribution in [0.3, 0.4) is 0 Å². The lowest BCUT2D eigenvalue weighted by atomic mass is 10.1. The van der Waals surface area contributed by atoms with E-state index in [1.165, 1.54) is 7.11 Å². The lowest BCUT2D eigenvalue weighted by Gasteiger charge is -2.14. The first-order valence-electron chi connectivity index (χ1n) is 7.74. The van der Waals surface area contributed by atoms with Crippen molar-refractivity contribution in [3.8, 4) is 5.75 Å². The number of rotatable bonds is 6. The lowest BCUT2D eigenvalue weighted by molar-refractivity contribution is 0.399. The quantitative estimate of drug-likeness (QED) is 0.801. The Balaban J connectivity index is 0.00000312. The minimum atomic E-state index is -3.67. The number of hydrogen-bond donors (Lipinski definition) is 2. The summed E-state index contributed by atoms with van der Waals surface area (Å²) < 4.78 is 33.2. The summed E-state index contributed by atoms with van der Waals surface area (Å²) in [4.78, 5) is 0.162. The maximum Gasteiger partial charge on any atom is 0.244 e. The molecule has 2 aromatic rings. The van der Waals surface area contributed by atoms with Crippen LogP contribution in [0.4, 0.5) is 0 Å². The Hall–Kier alpha value is -1.60. The van der Waals surface area contributed by atoms with E-state index in [0.717, 1.165) is 22.3 Å². The molecular formula is C18H25ClN2O3S. The van der Waals surface area contributed by atoms with Crippen LogP contribution in [0.1, 0.15) is 35.2 Å². The molecular weight excluding hydrogens is 360 g/mol. The Morgan fingerprint density at radius 1 is 1.16 bits per heavy atom. The molecule has 0 radical (unpaired) electrons. The highest BCUT2D eigenvalue weighted by atomic mass is 35.5. The summed E-state index contributed by atoms with van der Waals surface area (Å²) in [5.74, 6) is 0.375. The molecule has 138 valence electrons. The van der Waals surface area contributed by atoms with Crippen molar-refractivity contribution in [1.29, 1.82) is 0 Å². The van der Waals surface area contributed by atoms with Crippen molar-refractivity contribution in [3.63, 3.8) is 0 Å². The number of aryl methyl sites for hydroxylation is 2. The average molecular weight is 385 g/mol. The van der Waals surface area contributed by atoms with Crippen LogP contribution >= 0.6 is 12.4 Å². The minimum Gasteiger partial charge on any atom is -0.495 e. The highest BCUT2D eigenvalue weighted by Gasteiger charge is 2.21. The summed E-state index contributed by atoms with van der Waals surface area (Å²) in [7, 11) is -2.20. The van der Waals surface area contributed by atoms with Crippen LogP contribution in [0.2, 0.25) is 0 Å². The van der Waals surface area contributed by atoms with E-state index in [1.54, 1.807) is 6.07 Å². The third kappa shape index (κ3) is 5.19. The first-order valence-corrected chi connectivity index (χ1v) is 9.22. The van der Waals surface area contributed by atoms with E-state index in [4.69, 9.17) is 10.5 Å². The van der Waals surface area contributed by atoms with Gasteiger partial charge in [0.05, 0.1) is 7.11 Å². The van der Waals surface area contributed by atoms with Crippen molar-refractivity contribution >= 4 is 22.4 Å². The van der Waals surface area contributed by atoms with Crippen LogP contribution in [0.5, 0.6) is 5.75 Å². The molecule has 0 spiro atoms. The van der Waals surface area contributed by atoms with Crippen LogP contribution in [-0.2, 0) is 16.6 Å². The fraction of sp³-hybridized carbons (Fsp3) is 0.333. The van der Waals surface area contributed by atoms with Crippen LogP contribution in [0.25, 0.3) is 0 Å². The van der Waals surface area contributed by atoms with Gasteiger partial charge >= 0.3 is 0 Å². The molecule has 7 heteroatoms. The molecule has 0 aliphatic rings. The third-order valence-corrected chi connectivity index (χ3v) is 5.26. The molecule has 0 fully saturated rings. The highest BCUT2D eigenvalue weighted by Crippen LogP contribution is 2.29. The van der Waals surface area contributed by atoms with Crippen molar-refractivity contribution in [3.05, 3.63) is 58.7 Å². The predicted octanol–water partition coefficient (Wildman–Crippen LogP) is 3.23. The van der Waals surface area contributed by atoms with Gasteiger partial charge in [0.1, 0.15) is 10.6 Å². The van der Waals surface area contributed by atoms with Crippen LogP contribution in [0, 0.1) is 13.8 Å². The van der Waals surface area contributed by atoms with E-state index in [9.17, 15) is 8.42 Å². The second kappa shape index (κ2) is 8.67. The van der Waals surface area contributed by atoms with Gasteiger partial charge in [-0.25, -0.2) is 13.1 Å². The highest BCUT2D eigenvalue weighted by molar-refractivity contribution is 7.89. The fourth-order valence-electron chi connectivity index (χ4n) is 2.57. The first kappa shape index (κ1) is 21.4. The molecule has 5 nitrogen and oxygen atoms in total. The van der Waals surface area contributed by atoms with Gasteiger partial charge in [-0.15, -0.1) is 12.4 Å². The van der Waals surface area contributed by atoms with E-state index < -0.39 is 10.0 Å². The topological polar surface area (TPSA) is 81.4 Å². The van der Waals surface area contributed by atoms with E-state index in [2.05, 4.69) is 4.72 Å². The molecule has 0 saturated carbocycles. The molecule has 1 atom stereocenters. The van der Waals surface area contributed by atoms with Gasteiger partial charge < -0.3 is 10.5 Å². The zero-order valence-electron chi connectivity index (χ0n) is 14.9. The Kier molecular flexibility index (Phi) is 7.44. The van der Waals surface area contributed by atoms with E-state index >= 15 is 0 Å². The molecule has 0 heterocycles. The Bertz CT molecular complexity index is 819. The summed E-state index contributed by atoms with van der Waals surface area (Å²) >= 11 is 0. The van der Waals surface area contributed by atoms with Gasteiger partial charge in [0.15, 0.2) is 0 Å². The van der Waals surface area contributed by atoms with Crippen LogP contribution in [-0.4, -0.2) is 15.5 Å². The average Bonchev–Trinajstić information content (AvgIpc) is 2.52. The zero-order chi connectivity index (χ0) is 17.9. The first-order chi connectivity index (χ1) is 11.2. The number of hydrogen-bond acceptors (Lipinski definition) is 4. The van der Waals surface area contributed by atoms with Gasteiger partial charge in [-0.2, -0.15) is 0 Å². The van der Waals surface area contributed by atoms with Crippen molar-refractivity contribution in [2.75, 3.05) is 7.11 Å². The molecule has 0 aromatic heterocycles. The fourth-order valence-corrected chi connectivity index (χ4v) is 3.91. The monoisotopic (exact) mass is 384 g/mol. The number of nitrogens with two attached hydrogens (primary N) is 1. The van der Waals surface area contributed by atoms with Gasteiger partial charge in [0.2, 0.25) is 10.0 Å². The van der Waals surface area contributed by atoms with Crippen LogP contribution < -0.4 is 15.2 Å². The maximum atomic E-state index is 12.7. The largest absolute Gasteiger partial charge is 0.495 e. The van der Waals surface area contributed by atoms with E-state index in [-0.39, 0.29) is 29.9 Å². The number of ether oxygens (including phenoxy) is 1. The van der Waals surface area contributed by atoms with Gasteiger partial charge in [-0.05, 0) is 49.1 Å². The summed E-state index contributed by atoms with van der Waals surface area (Å²) in [6.07, 6.45) is 0. The smallest absolute Gasteiger partial charge is 0.244 e. The van der Waals surface area contributed by atoms with E-state index in [0.29, 0.717) is 5.75 Å². The SMILES string of the molecule is COc1c(C)cc(C)cc1S(=O)(=O)NCc1ccc(C(C)N)cc1.Cl. The normalized spacial score (nSPS) is 12.4. The Morgan fingerprint density at radius 3 is 2.28 bits per heavy atom. The number of sulfonamides is 1. The standard InChI is InChI=1S/C18H24N2O3S.ClH/c1-12-9-13(2)18(23-4)17(10-12)24(21,22)20-11-15-5-7-16(8-6-15)14(3)19;/h5-10,14,20H,11,19H2,1-4H3;1H. The zero-order valence-corrected chi connectivity index (χ0v) is 16.5. The lowest BCUT2D eigenvalue weighted by Crippen LogP contribution is -2.24. The molecule has 0 aliphatic heterocycles. The summed E-state index contributed by atoms with van der Waals surface area (Å²) in [6, 6.07) is 11.0. The number of methoxy groups -OCH3 is 1. The second-order valence-corrected chi connectivity index (χ2v) is 7.70. The number of benzene rings is 2.